The molecule has 0 radical (unpaired) electrons. The van der Waals surface area contributed by atoms with E-state index in [1.54, 1.807) is 0 Å². The highest BCUT2D eigenvalue weighted by molar-refractivity contribution is 5.91. The summed E-state index contributed by atoms with van der Waals surface area (Å²) in [7, 11) is 0. The fourth-order valence-electron chi connectivity index (χ4n) is 3.81. The number of fused-ring (bicyclic) bond motifs is 1. The standard InChI is InChI=1S/C21H25N5/c1-3-17-10-4-5-13-26(17)19-14-15(2)23-21(25-19)24-18-11-6-8-16-9-7-12-22-20(16)18/h6-9,11-12,14,17H,3-5,10,13H2,1-2H3,(H,23,24,25). The first-order valence-electron chi connectivity index (χ1n) is 9.47. The third kappa shape index (κ3) is 3.34. The fraction of sp³-hybridized carbons (Fsp3) is 0.381. The maximum atomic E-state index is 4.83. The van der Waals surface area contributed by atoms with E-state index in [2.05, 4.69) is 45.3 Å². The second-order valence-electron chi connectivity index (χ2n) is 6.95. The van der Waals surface area contributed by atoms with E-state index in [0.717, 1.165) is 41.1 Å². The summed E-state index contributed by atoms with van der Waals surface area (Å²) in [6.45, 7) is 5.37. The zero-order chi connectivity index (χ0) is 17.9. The number of para-hydroxylation sites is 1. The molecule has 0 saturated carbocycles. The number of nitrogens with one attached hydrogen (secondary N) is 1. The molecule has 0 spiro atoms. The summed E-state index contributed by atoms with van der Waals surface area (Å²) in [4.78, 5) is 16.4. The van der Waals surface area contributed by atoms with Crippen molar-refractivity contribution in [3.63, 3.8) is 0 Å². The number of hydrogen-bond acceptors (Lipinski definition) is 5. The molecule has 2 aromatic heterocycles. The smallest absolute Gasteiger partial charge is 0.229 e. The Morgan fingerprint density at radius 2 is 2.04 bits per heavy atom. The van der Waals surface area contributed by atoms with Gasteiger partial charge in [-0.3, -0.25) is 4.98 Å². The van der Waals surface area contributed by atoms with Crippen LogP contribution in [0, 0.1) is 6.92 Å². The third-order valence-electron chi connectivity index (χ3n) is 5.11. The molecule has 0 aliphatic carbocycles. The van der Waals surface area contributed by atoms with E-state index in [1.807, 2.05) is 31.3 Å². The average molecular weight is 347 g/mol. The van der Waals surface area contributed by atoms with E-state index in [9.17, 15) is 0 Å². The summed E-state index contributed by atoms with van der Waals surface area (Å²) in [5.74, 6) is 1.67. The van der Waals surface area contributed by atoms with Crippen molar-refractivity contribution in [3.8, 4) is 0 Å². The number of piperidine rings is 1. The van der Waals surface area contributed by atoms with Crippen LogP contribution in [-0.2, 0) is 0 Å². The first kappa shape index (κ1) is 16.8. The molecule has 1 aromatic carbocycles. The van der Waals surface area contributed by atoms with Gasteiger partial charge in [-0.2, -0.15) is 4.98 Å². The second-order valence-corrected chi connectivity index (χ2v) is 6.95. The van der Waals surface area contributed by atoms with Crippen molar-refractivity contribution < 1.29 is 0 Å². The number of pyridine rings is 1. The summed E-state index contributed by atoms with van der Waals surface area (Å²) in [5.41, 5.74) is 2.85. The summed E-state index contributed by atoms with van der Waals surface area (Å²) in [5, 5.41) is 4.49. The Balaban J connectivity index is 1.68. The van der Waals surface area contributed by atoms with Crippen LogP contribution in [-0.4, -0.2) is 27.5 Å². The Kier molecular flexibility index (Phi) is 4.69. The SMILES string of the molecule is CCC1CCCCN1c1cc(C)nc(Nc2cccc3cccnc23)n1. The first-order valence-corrected chi connectivity index (χ1v) is 9.47. The lowest BCUT2D eigenvalue weighted by Gasteiger charge is -2.36. The van der Waals surface area contributed by atoms with Gasteiger partial charge >= 0.3 is 0 Å². The molecule has 134 valence electrons. The Morgan fingerprint density at radius 3 is 2.92 bits per heavy atom. The van der Waals surface area contributed by atoms with E-state index in [4.69, 9.17) is 4.98 Å². The lowest BCUT2D eigenvalue weighted by molar-refractivity contribution is 0.446. The van der Waals surface area contributed by atoms with Crippen LogP contribution in [0.4, 0.5) is 17.5 Å². The third-order valence-corrected chi connectivity index (χ3v) is 5.11. The van der Waals surface area contributed by atoms with Gasteiger partial charge in [-0.1, -0.05) is 25.1 Å². The lowest BCUT2D eigenvalue weighted by atomic mass is 10.00. The minimum atomic E-state index is 0.574. The molecule has 5 nitrogen and oxygen atoms in total. The van der Waals surface area contributed by atoms with Crippen LogP contribution in [0.25, 0.3) is 10.9 Å². The van der Waals surface area contributed by atoms with Gasteiger partial charge in [-0.05, 0) is 44.7 Å². The van der Waals surface area contributed by atoms with Crippen LogP contribution < -0.4 is 10.2 Å². The normalized spacial score (nSPS) is 17.5. The molecule has 3 aromatic rings. The van der Waals surface area contributed by atoms with Crippen LogP contribution in [0.1, 0.15) is 38.3 Å². The molecule has 0 bridgehead atoms. The Morgan fingerprint density at radius 1 is 1.15 bits per heavy atom. The van der Waals surface area contributed by atoms with Gasteiger partial charge in [0.05, 0.1) is 11.2 Å². The molecule has 1 atom stereocenters. The van der Waals surface area contributed by atoms with E-state index in [1.165, 1.54) is 19.3 Å². The van der Waals surface area contributed by atoms with Gasteiger partial charge in [0, 0.05) is 35.9 Å². The summed E-state index contributed by atoms with van der Waals surface area (Å²) in [6.07, 6.45) is 6.76. The van der Waals surface area contributed by atoms with E-state index < -0.39 is 0 Å². The molecule has 1 aliphatic rings. The van der Waals surface area contributed by atoms with Crippen molar-refractivity contribution in [3.05, 3.63) is 48.3 Å². The van der Waals surface area contributed by atoms with Gasteiger partial charge in [-0.15, -0.1) is 0 Å². The number of hydrogen-bond donors (Lipinski definition) is 1. The highest BCUT2D eigenvalue weighted by Crippen LogP contribution is 2.28. The number of anilines is 3. The Labute approximate surface area is 154 Å². The molecule has 0 amide bonds. The minimum Gasteiger partial charge on any atom is -0.353 e. The van der Waals surface area contributed by atoms with E-state index in [0.29, 0.717) is 12.0 Å². The maximum Gasteiger partial charge on any atom is 0.229 e. The monoisotopic (exact) mass is 347 g/mol. The predicted molar refractivity (Wildman–Crippen MR) is 107 cm³/mol. The topological polar surface area (TPSA) is 53.9 Å². The number of aryl methyl sites for hydroxylation is 1. The number of aromatic nitrogens is 3. The molecule has 1 unspecified atom stereocenters. The molecule has 1 N–H and O–H groups in total. The second kappa shape index (κ2) is 7.28. The fourth-order valence-corrected chi connectivity index (χ4v) is 3.81. The van der Waals surface area contributed by atoms with Crippen molar-refractivity contribution in [2.24, 2.45) is 0 Å². The average Bonchev–Trinajstić information content (AvgIpc) is 2.68. The van der Waals surface area contributed by atoms with Gasteiger partial charge in [0.2, 0.25) is 5.95 Å². The molecule has 3 heterocycles. The quantitative estimate of drug-likeness (QED) is 0.731. The van der Waals surface area contributed by atoms with Gasteiger partial charge in [-0.25, -0.2) is 4.98 Å². The van der Waals surface area contributed by atoms with Crippen LogP contribution in [0.15, 0.2) is 42.6 Å². The van der Waals surface area contributed by atoms with Gasteiger partial charge < -0.3 is 10.2 Å². The highest BCUT2D eigenvalue weighted by Gasteiger charge is 2.22. The first-order chi connectivity index (χ1) is 12.7. The van der Waals surface area contributed by atoms with Crippen LogP contribution in [0.5, 0.6) is 0 Å². The molecular weight excluding hydrogens is 322 g/mol. The molecular formula is C21H25N5. The van der Waals surface area contributed by atoms with E-state index in [-0.39, 0.29) is 0 Å². The minimum absolute atomic E-state index is 0.574. The molecule has 1 aliphatic heterocycles. The Hall–Kier alpha value is -2.69. The van der Waals surface area contributed by atoms with Crippen LogP contribution in [0.2, 0.25) is 0 Å². The van der Waals surface area contributed by atoms with Gasteiger partial charge in [0.15, 0.2) is 0 Å². The summed E-state index contributed by atoms with van der Waals surface area (Å²) in [6, 6.07) is 12.8. The van der Waals surface area contributed by atoms with Crippen molar-refractivity contribution in [2.75, 3.05) is 16.8 Å². The number of rotatable bonds is 4. The molecule has 5 heteroatoms. The molecule has 1 fully saturated rings. The number of nitrogens with zero attached hydrogens (tertiary/aromatic N) is 4. The van der Waals surface area contributed by atoms with Crippen molar-refractivity contribution in [1.29, 1.82) is 0 Å². The van der Waals surface area contributed by atoms with E-state index >= 15 is 0 Å². The lowest BCUT2D eigenvalue weighted by Crippen LogP contribution is -2.39. The summed E-state index contributed by atoms with van der Waals surface area (Å²) >= 11 is 0. The predicted octanol–water partition coefficient (Wildman–Crippen LogP) is 4.85. The largest absolute Gasteiger partial charge is 0.353 e. The van der Waals surface area contributed by atoms with Crippen molar-refractivity contribution in [2.45, 2.75) is 45.6 Å². The highest BCUT2D eigenvalue weighted by atomic mass is 15.3. The van der Waals surface area contributed by atoms with Crippen molar-refractivity contribution in [1.82, 2.24) is 15.0 Å². The van der Waals surface area contributed by atoms with Gasteiger partial charge in [0.1, 0.15) is 5.82 Å². The van der Waals surface area contributed by atoms with Crippen molar-refractivity contribution >= 4 is 28.4 Å². The van der Waals surface area contributed by atoms with Gasteiger partial charge in [0.25, 0.3) is 0 Å². The zero-order valence-corrected chi connectivity index (χ0v) is 15.4. The number of benzene rings is 1. The maximum absolute atomic E-state index is 4.83. The molecule has 1 saturated heterocycles. The molecule has 4 rings (SSSR count). The Bertz CT molecular complexity index is 903. The molecule has 26 heavy (non-hydrogen) atoms. The van der Waals surface area contributed by atoms with Crippen LogP contribution >= 0.6 is 0 Å². The zero-order valence-electron chi connectivity index (χ0n) is 15.4. The van der Waals surface area contributed by atoms with Crippen LogP contribution in [0.3, 0.4) is 0 Å². The summed E-state index contributed by atoms with van der Waals surface area (Å²) < 4.78 is 0.